The molecule has 1 heterocycles. The first-order chi connectivity index (χ1) is 7.44. The maximum absolute atomic E-state index is 10.9. The van der Waals surface area contributed by atoms with E-state index in [1.165, 1.54) is 6.26 Å². The summed E-state index contributed by atoms with van der Waals surface area (Å²) in [7, 11) is -2.94. The molecule has 0 saturated heterocycles. The molecule has 1 atom stereocenters. The van der Waals surface area contributed by atoms with Gasteiger partial charge in [0, 0.05) is 24.0 Å². The number of hydrogen-bond donors (Lipinski definition) is 1. The molecule has 0 fully saturated rings. The number of furan rings is 1. The zero-order valence-electron chi connectivity index (χ0n) is 9.64. The zero-order valence-corrected chi connectivity index (χ0v) is 10.5. The van der Waals surface area contributed by atoms with Crippen molar-refractivity contribution in [3.63, 3.8) is 0 Å². The van der Waals surface area contributed by atoms with Gasteiger partial charge in [-0.1, -0.05) is 6.92 Å². The summed E-state index contributed by atoms with van der Waals surface area (Å²) in [5, 5.41) is 9.86. The van der Waals surface area contributed by atoms with Crippen LogP contribution in [0.1, 0.15) is 37.2 Å². The molecule has 0 spiro atoms. The number of sulfone groups is 1. The topological polar surface area (TPSA) is 67.5 Å². The van der Waals surface area contributed by atoms with Crippen LogP contribution >= 0.6 is 0 Å². The van der Waals surface area contributed by atoms with Crippen LogP contribution in [0.4, 0.5) is 0 Å². The van der Waals surface area contributed by atoms with E-state index in [4.69, 9.17) is 4.42 Å². The van der Waals surface area contributed by atoms with Crippen molar-refractivity contribution in [2.45, 2.75) is 32.3 Å². The molecule has 0 radical (unpaired) electrons. The second kappa shape index (κ2) is 5.50. The number of hydrogen-bond acceptors (Lipinski definition) is 4. The molecule has 1 rings (SSSR count). The minimum absolute atomic E-state index is 0.114. The fourth-order valence-electron chi connectivity index (χ4n) is 1.63. The standard InChI is InChI=1S/C11H18O4S/c1-3-11-9(6-7-15-11)10(12)5-4-8-16(2,13)14/h6-7,10,12H,3-5,8H2,1-2H3. The molecular formula is C11H18O4S. The summed E-state index contributed by atoms with van der Waals surface area (Å²) in [6.45, 7) is 1.95. The highest BCUT2D eigenvalue weighted by Gasteiger charge is 2.14. The highest BCUT2D eigenvalue weighted by molar-refractivity contribution is 7.90. The lowest BCUT2D eigenvalue weighted by molar-refractivity contribution is 0.164. The van der Waals surface area contributed by atoms with Crippen molar-refractivity contribution in [1.29, 1.82) is 0 Å². The van der Waals surface area contributed by atoms with E-state index in [0.717, 1.165) is 17.7 Å². The van der Waals surface area contributed by atoms with Crippen LogP contribution in [-0.4, -0.2) is 25.5 Å². The predicted octanol–water partition coefficient (Wildman–Crippen LogP) is 1.70. The van der Waals surface area contributed by atoms with Crippen LogP contribution < -0.4 is 0 Å². The van der Waals surface area contributed by atoms with Gasteiger partial charge in [-0.05, 0) is 18.9 Å². The molecule has 0 aliphatic heterocycles. The number of aryl methyl sites for hydroxylation is 1. The molecule has 5 heteroatoms. The van der Waals surface area contributed by atoms with Gasteiger partial charge in [-0.3, -0.25) is 0 Å². The molecule has 1 unspecified atom stereocenters. The van der Waals surface area contributed by atoms with Crippen LogP contribution in [-0.2, 0) is 16.3 Å². The smallest absolute Gasteiger partial charge is 0.147 e. The molecule has 0 aliphatic carbocycles. The summed E-state index contributed by atoms with van der Waals surface area (Å²) in [5.74, 6) is 0.885. The van der Waals surface area contributed by atoms with Crippen LogP contribution in [0.25, 0.3) is 0 Å². The Kier molecular flexibility index (Phi) is 4.56. The molecule has 4 nitrogen and oxygen atoms in total. The summed E-state index contributed by atoms with van der Waals surface area (Å²) in [4.78, 5) is 0. The molecule has 1 aromatic heterocycles. The first kappa shape index (κ1) is 13.3. The lowest BCUT2D eigenvalue weighted by Gasteiger charge is -2.09. The molecule has 1 N–H and O–H groups in total. The van der Waals surface area contributed by atoms with E-state index in [-0.39, 0.29) is 5.75 Å². The summed E-state index contributed by atoms with van der Waals surface area (Å²) in [6, 6.07) is 1.74. The molecule has 0 aromatic carbocycles. The van der Waals surface area contributed by atoms with Crippen LogP contribution in [0, 0.1) is 0 Å². The van der Waals surface area contributed by atoms with Crippen molar-refractivity contribution >= 4 is 9.84 Å². The largest absolute Gasteiger partial charge is 0.469 e. The van der Waals surface area contributed by atoms with E-state index in [2.05, 4.69) is 0 Å². The highest BCUT2D eigenvalue weighted by atomic mass is 32.2. The third-order valence-corrected chi connectivity index (χ3v) is 3.48. The van der Waals surface area contributed by atoms with E-state index in [9.17, 15) is 13.5 Å². The minimum Gasteiger partial charge on any atom is -0.469 e. The second-order valence-corrected chi connectivity index (χ2v) is 6.20. The Morgan fingerprint density at radius 2 is 2.19 bits per heavy atom. The third-order valence-electron chi connectivity index (χ3n) is 2.45. The Bertz CT molecular complexity index is 419. The van der Waals surface area contributed by atoms with Gasteiger partial charge in [0.2, 0.25) is 0 Å². The molecule has 16 heavy (non-hydrogen) atoms. The minimum atomic E-state index is -2.94. The predicted molar refractivity (Wildman–Crippen MR) is 62.0 cm³/mol. The van der Waals surface area contributed by atoms with Crippen molar-refractivity contribution in [2.75, 3.05) is 12.0 Å². The lowest BCUT2D eigenvalue weighted by Crippen LogP contribution is -2.06. The van der Waals surface area contributed by atoms with Crippen molar-refractivity contribution in [1.82, 2.24) is 0 Å². The fraction of sp³-hybridized carbons (Fsp3) is 0.636. The Morgan fingerprint density at radius 1 is 1.50 bits per heavy atom. The molecule has 0 aliphatic rings. The maximum atomic E-state index is 10.9. The van der Waals surface area contributed by atoms with Crippen LogP contribution in [0.5, 0.6) is 0 Å². The van der Waals surface area contributed by atoms with Crippen molar-refractivity contribution in [3.8, 4) is 0 Å². The fourth-order valence-corrected chi connectivity index (χ4v) is 2.32. The van der Waals surface area contributed by atoms with Crippen molar-refractivity contribution in [2.24, 2.45) is 0 Å². The van der Waals surface area contributed by atoms with Gasteiger partial charge in [0.15, 0.2) is 0 Å². The first-order valence-electron chi connectivity index (χ1n) is 5.36. The normalized spacial score (nSPS) is 13.9. The van der Waals surface area contributed by atoms with Crippen LogP contribution in [0.2, 0.25) is 0 Å². The molecule has 0 bridgehead atoms. The number of aliphatic hydroxyl groups is 1. The average molecular weight is 246 g/mol. The molecule has 1 aromatic rings. The van der Waals surface area contributed by atoms with Gasteiger partial charge in [-0.25, -0.2) is 8.42 Å². The Hall–Kier alpha value is -0.810. The Labute approximate surface area is 96.2 Å². The average Bonchev–Trinajstić information content (AvgIpc) is 2.63. The van der Waals surface area contributed by atoms with Gasteiger partial charge in [-0.2, -0.15) is 0 Å². The van der Waals surface area contributed by atoms with E-state index < -0.39 is 15.9 Å². The van der Waals surface area contributed by atoms with Gasteiger partial charge in [0.25, 0.3) is 0 Å². The molecule has 0 amide bonds. The van der Waals surface area contributed by atoms with Gasteiger partial charge in [-0.15, -0.1) is 0 Å². The van der Waals surface area contributed by atoms with Crippen molar-refractivity contribution in [3.05, 3.63) is 23.7 Å². The summed E-state index contributed by atoms with van der Waals surface area (Å²) in [6.07, 6.45) is 3.76. The van der Waals surface area contributed by atoms with E-state index in [1.807, 2.05) is 6.92 Å². The van der Waals surface area contributed by atoms with Crippen LogP contribution in [0.3, 0.4) is 0 Å². The van der Waals surface area contributed by atoms with Gasteiger partial charge >= 0.3 is 0 Å². The monoisotopic (exact) mass is 246 g/mol. The van der Waals surface area contributed by atoms with E-state index in [0.29, 0.717) is 12.8 Å². The number of aliphatic hydroxyl groups excluding tert-OH is 1. The van der Waals surface area contributed by atoms with Gasteiger partial charge in [0.1, 0.15) is 15.6 Å². The molecule has 0 saturated carbocycles. The first-order valence-corrected chi connectivity index (χ1v) is 7.42. The quantitative estimate of drug-likeness (QED) is 0.829. The Morgan fingerprint density at radius 3 is 2.75 bits per heavy atom. The van der Waals surface area contributed by atoms with Crippen LogP contribution in [0.15, 0.2) is 16.7 Å². The SMILES string of the molecule is CCc1occc1C(O)CCCS(C)(=O)=O. The van der Waals surface area contributed by atoms with E-state index >= 15 is 0 Å². The third kappa shape index (κ3) is 3.98. The summed E-state index contributed by atoms with van der Waals surface area (Å²) < 4.78 is 27.0. The number of rotatable bonds is 6. The summed E-state index contributed by atoms with van der Waals surface area (Å²) in [5.41, 5.74) is 0.774. The van der Waals surface area contributed by atoms with Gasteiger partial charge in [0.05, 0.1) is 12.4 Å². The second-order valence-electron chi connectivity index (χ2n) is 3.94. The maximum Gasteiger partial charge on any atom is 0.147 e. The zero-order chi connectivity index (χ0) is 12.2. The Balaban J connectivity index is 2.50. The van der Waals surface area contributed by atoms with Gasteiger partial charge < -0.3 is 9.52 Å². The van der Waals surface area contributed by atoms with Crippen molar-refractivity contribution < 1.29 is 17.9 Å². The van der Waals surface area contributed by atoms with E-state index in [1.54, 1.807) is 12.3 Å². The lowest BCUT2D eigenvalue weighted by atomic mass is 10.1. The molecule has 92 valence electrons. The molecular weight excluding hydrogens is 228 g/mol. The summed E-state index contributed by atoms with van der Waals surface area (Å²) >= 11 is 0. The highest BCUT2D eigenvalue weighted by Crippen LogP contribution is 2.23.